The van der Waals surface area contributed by atoms with Gasteiger partial charge >= 0.3 is 0 Å². The molecule has 0 saturated heterocycles. The Morgan fingerprint density at radius 1 is 1.20 bits per heavy atom. The predicted octanol–water partition coefficient (Wildman–Crippen LogP) is 1.02. The first-order valence-electron chi connectivity index (χ1n) is 6.86. The summed E-state index contributed by atoms with van der Waals surface area (Å²) >= 11 is 0. The highest BCUT2D eigenvalue weighted by Gasteiger charge is 2.06. The van der Waals surface area contributed by atoms with Crippen molar-refractivity contribution in [3.05, 3.63) is 41.2 Å². The number of hydrogen-bond acceptors (Lipinski definition) is 5. The van der Waals surface area contributed by atoms with Crippen LogP contribution in [0.5, 0.6) is 0 Å². The van der Waals surface area contributed by atoms with Crippen molar-refractivity contribution in [2.75, 3.05) is 20.3 Å². The standard InChI is InChI=1S/C14H21N5O/c1-3-12-4-6-13(7-5-12)11-19-14(16-17-18-19)10-15-8-9-20-2/h4-7,15H,3,8-11H2,1-2H3. The first kappa shape index (κ1) is 14.6. The molecule has 2 aromatic rings. The molecule has 0 radical (unpaired) electrons. The minimum absolute atomic E-state index is 0.642. The minimum atomic E-state index is 0.642. The summed E-state index contributed by atoms with van der Waals surface area (Å²) in [5.41, 5.74) is 2.54. The molecule has 6 heteroatoms. The van der Waals surface area contributed by atoms with Crippen molar-refractivity contribution in [2.45, 2.75) is 26.4 Å². The number of methoxy groups -OCH3 is 1. The molecule has 0 saturated carbocycles. The Kier molecular flexibility index (Phi) is 5.64. The van der Waals surface area contributed by atoms with Crippen molar-refractivity contribution >= 4 is 0 Å². The Balaban J connectivity index is 1.93. The van der Waals surface area contributed by atoms with E-state index in [1.54, 1.807) is 7.11 Å². The van der Waals surface area contributed by atoms with E-state index < -0.39 is 0 Å². The molecule has 108 valence electrons. The van der Waals surface area contributed by atoms with Gasteiger partial charge in [-0.1, -0.05) is 31.2 Å². The van der Waals surface area contributed by atoms with Gasteiger partial charge in [0.2, 0.25) is 0 Å². The van der Waals surface area contributed by atoms with E-state index in [0.717, 1.165) is 18.8 Å². The van der Waals surface area contributed by atoms with Crippen LogP contribution >= 0.6 is 0 Å². The lowest BCUT2D eigenvalue weighted by Crippen LogP contribution is -2.21. The first-order chi connectivity index (χ1) is 9.83. The van der Waals surface area contributed by atoms with Crippen LogP contribution in [0.3, 0.4) is 0 Å². The summed E-state index contributed by atoms with van der Waals surface area (Å²) in [4.78, 5) is 0. The number of nitrogens with zero attached hydrogens (tertiary/aromatic N) is 4. The highest BCUT2D eigenvalue weighted by Crippen LogP contribution is 2.07. The van der Waals surface area contributed by atoms with Crippen molar-refractivity contribution in [1.82, 2.24) is 25.5 Å². The Hall–Kier alpha value is -1.79. The van der Waals surface area contributed by atoms with E-state index in [9.17, 15) is 0 Å². The topological polar surface area (TPSA) is 64.9 Å². The lowest BCUT2D eigenvalue weighted by molar-refractivity contribution is 0.198. The van der Waals surface area contributed by atoms with Gasteiger partial charge in [-0.15, -0.1) is 5.10 Å². The number of nitrogens with one attached hydrogen (secondary N) is 1. The highest BCUT2D eigenvalue weighted by molar-refractivity contribution is 5.22. The Morgan fingerprint density at radius 2 is 1.95 bits per heavy atom. The first-order valence-corrected chi connectivity index (χ1v) is 6.86. The molecule has 2 rings (SSSR count). The van der Waals surface area contributed by atoms with Crippen LogP contribution in [-0.4, -0.2) is 40.5 Å². The summed E-state index contributed by atoms with van der Waals surface area (Å²) in [6, 6.07) is 8.55. The summed E-state index contributed by atoms with van der Waals surface area (Å²) < 4.78 is 6.81. The fraction of sp³-hybridized carbons (Fsp3) is 0.500. The molecule has 0 amide bonds. The van der Waals surface area contributed by atoms with Gasteiger partial charge in [0, 0.05) is 13.7 Å². The van der Waals surface area contributed by atoms with Crippen molar-refractivity contribution < 1.29 is 4.74 Å². The molecular weight excluding hydrogens is 254 g/mol. The van der Waals surface area contributed by atoms with Gasteiger partial charge in [0.1, 0.15) is 0 Å². The van der Waals surface area contributed by atoms with Gasteiger partial charge < -0.3 is 10.1 Å². The summed E-state index contributed by atoms with van der Waals surface area (Å²) in [6.45, 7) is 4.95. The molecule has 0 aliphatic carbocycles. The second-order valence-electron chi connectivity index (χ2n) is 4.59. The largest absolute Gasteiger partial charge is 0.383 e. The van der Waals surface area contributed by atoms with E-state index in [-0.39, 0.29) is 0 Å². The van der Waals surface area contributed by atoms with Crippen LogP contribution in [-0.2, 0) is 24.2 Å². The van der Waals surface area contributed by atoms with E-state index in [1.807, 2.05) is 4.68 Å². The third kappa shape index (κ3) is 4.11. The number of hydrogen-bond donors (Lipinski definition) is 1. The Labute approximate surface area is 119 Å². The van der Waals surface area contributed by atoms with Crippen molar-refractivity contribution in [1.29, 1.82) is 0 Å². The molecule has 1 aromatic carbocycles. The van der Waals surface area contributed by atoms with Gasteiger partial charge in [0.05, 0.1) is 19.7 Å². The van der Waals surface area contributed by atoms with E-state index >= 15 is 0 Å². The van der Waals surface area contributed by atoms with Crippen molar-refractivity contribution in [3.8, 4) is 0 Å². The zero-order valence-corrected chi connectivity index (χ0v) is 12.0. The number of aryl methyl sites for hydroxylation is 1. The van der Waals surface area contributed by atoms with Gasteiger partial charge in [-0.05, 0) is 28.0 Å². The third-order valence-electron chi connectivity index (χ3n) is 3.14. The molecule has 6 nitrogen and oxygen atoms in total. The number of ether oxygens (including phenoxy) is 1. The maximum atomic E-state index is 4.99. The van der Waals surface area contributed by atoms with Crippen LogP contribution in [0.25, 0.3) is 0 Å². The van der Waals surface area contributed by atoms with Crippen molar-refractivity contribution in [2.24, 2.45) is 0 Å². The highest BCUT2D eigenvalue weighted by atomic mass is 16.5. The van der Waals surface area contributed by atoms with Crippen LogP contribution in [0, 0.1) is 0 Å². The molecule has 1 heterocycles. The molecule has 1 aromatic heterocycles. The van der Waals surface area contributed by atoms with Gasteiger partial charge in [0.25, 0.3) is 0 Å². The van der Waals surface area contributed by atoms with Gasteiger partial charge in [-0.25, -0.2) is 4.68 Å². The van der Waals surface area contributed by atoms with Crippen LogP contribution < -0.4 is 5.32 Å². The molecular formula is C14H21N5O. The van der Waals surface area contributed by atoms with Crippen LogP contribution in [0.15, 0.2) is 24.3 Å². The fourth-order valence-corrected chi connectivity index (χ4v) is 1.90. The quantitative estimate of drug-likeness (QED) is 0.729. The second-order valence-corrected chi connectivity index (χ2v) is 4.59. The van der Waals surface area contributed by atoms with Crippen molar-refractivity contribution in [3.63, 3.8) is 0 Å². The zero-order valence-electron chi connectivity index (χ0n) is 12.0. The average Bonchev–Trinajstić information content (AvgIpc) is 2.92. The van der Waals surface area contributed by atoms with Gasteiger partial charge in [-0.3, -0.25) is 0 Å². The molecule has 0 fully saturated rings. The molecule has 0 bridgehead atoms. The molecule has 0 unspecified atom stereocenters. The SMILES string of the molecule is CCc1ccc(Cn2nnnc2CNCCOC)cc1. The summed E-state index contributed by atoms with van der Waals surface area (Å²) in [6.07, 6.45) is 1.06. The molecule has 20 heavy (non-hydrogen) atoms. The summed E-state index contributed by atoms with van der Waals surface area (Å²) in [5.74, 6) is 0.834. The van der Waals surface area contributed by atoms with E-state index in [4.69, 9.17) is 4.74 Å². The van der Waals surface area contributed by atoms with E-state index in [1.165, 1.54) is 11.1 Å². The van der Waals surface area contributed by atoms with Gasteiger partial charge in [0.15, 0.2) is 5.82 Å². The van der Waals surface area contributed by atoms with Crippen LogP contribution in [0.1, 0.15) is 23.9 Å². The predicted molar refractivity (Wildman–Crippen MR) is 76.3 cm³/mol. The average molecular weight is 275 g/mol. The molecule has 1 N–H and O–H groups in total. The summed E-state index contributed by atoms with van der Waals surface area (Å²) in [5, 5.41) is 15.1. The number of rotatable bonds is 8. The second kappa shape index (κ2) is 7.72. The maximum absolute atomic E-state index is 4.99. The third-order valence-corrected chi connectivity index (χ3v) is 3.14. The van der Waals surface area contributed by atoms with E-state index in [2.05, 4.69) is 52.0 Å². The number of tetrazole rings is 1. The van der Waals surface area contributed by atoms with Crippen LogP contribution in [0.4, 0.5) is 0 Å². The summed E-state index contributed by atoms with van der Waals surface area (Å²) in [7, 11) is 1.69. The molecule has 0 atom stereocenters. The van der Waals surface area contributed by atoms with E-state index in [0.29, 0.717) is 19.7 Å². The molecule has 0 aliphatic rings. The monoisotopic (exact) mass is 275 g/mol. The fourth-order valence-electron chi connectivity index (χ4n) is 1.90. The zero-order chi connectivity index (χ0) is 14.2. The normalized spacial score (nSPS) is 10.9. The lowest BCUT2D eigenvalue weighted by Gasteiger charge is -2.06. The molecule has 0 aliphatic heterocycles. The Morgan fingerprint density at radius 3 is 2.65 bits per heavy atom. The molecule has 0 spiro atoms. The smallest absolute Gasteiger partial charge is 0.165 e. The number of aromatic nitrogens is 4. The Bertz CT molecular complexity index is 509. The number of benzene rings is 1. The lowest BCUT2D eigenvalue weighted by atomic mass is 10.1. The minimum Gasteiger partial charge on any atom is -0.383 e. The van der Waals surface area contributed by atoms with Gasteiger partial charge in [-0.2, -0.15) is 0 Å². The maximum Gasteiger partial charge on any atom is 0.165 e. The van der Waals surface area contributed by atoms with Crippen LogP contribution in [0.2, 0.25) is 0 Å².